The van der Waals surface area contributed by atoms with E-state index in [0.29, 0.717) is 29.2 Å². The Hall–Kier alpha value is -2.16. The molecule has 0 fully saturated rings. The minimum atomic E-state index is -0.916. The average Bonchev–Trinajstić information content (AvgIpc) is 3.35. The van der Waals surface area contributed by atoms with E-state index in [-0.39, 0.29) is 5.92 Å². The van der Waals surface area contributed by atoms with Gasteiger partial charge in [-0.05, 0) is 54.5 Å². The van der Waals surface area contributed by atoms with E-state index in [1.807, 2.05) is 46.1 Å². The van der Waals surface area contributed by atoms with Crippen LogP contribution in [0.1, 0.15) is 132 Å². The highest BCUT2D eigenvalue weighted by atomic mass is 32.1. The number of aliphatic hydroxyl groups is 2. The second-order valence-corrected chi connectivity index (χ2v) is 12.0. The van der Waals surface area contributed by atoms with Crippen molar-refractivity contribution < 1.29 is 14.6 Å². The molecule has 7 nitrogen and oxygen atoms in total. The van der Waals surface area contributed by atoms with Crippen molar-refractivity contribution >= 4 is 11.3 Å². The smallest absolute Gasteiger partial charge is 0.197 e. The minimum absolute atomic E-state index is 0.259. The summed E-state index contributed by atoms with van der Waals surface area (Å²) in [5.74, 6) is 3.47. The highest BCUT2D eigenvalue weighted by Gasteiger charge is 2.25. The monoisotopic (exact) mass is 518 g/mol. The highest BCUT2D eigenvalue weighted by Crippen LogP contribution is 2.26. The summed E-state index contributed by atoms with van der Waals surface area (Å²) in [5.41, 5.74) is 1.81. The maximum absolute atomic E-state index is 9.74. The number of oxazole rings is 1. The summed E-state index contributed by atoms with van der Waals surface area (Å²) in [5, 5.41) is 22.4. The van der Waals surface area contributed by atoms with Gasteiger partial charge in [0.2, 0.25) is 0 Å². The Morgan fingerprint density at radius 1 is 0.750 bits per heavy atom. The van der Waals surface area contributed by atoms with Crippen LogP contribution in [0, 0.1) is 20.8 Å². The van der Waals surface area contributed by atoms with Gasteiger partial charge in [0.1, 0.15) is 28.5 Å². The van der Waals surface area contributed by atoms with Crippen LogP contribution in [-0.4, -0.2) is 30.1 Å². The van der Waals surface area contributed by atoms with Gasteiger partial charge in [-0.25, -0.2) is 19.9 Å². The van der Waals surface area contributed by atoms with Crippen LogP contribution in [0.25, 0.3) is 0 Å². The van der Waals surface area contributed by atoms with E-state index in [2.05, 4.69) is 47.6 Å². The predicted octanol–water partition coefficient (Wildman–Crippen LogP) is 7.04. The molecule has 202 valence electrons. The largest absolute Gasteiger partial charge is 0.445 e. The van der Waals surface area contributed by atoms with Crippen molar-refractivity contribution in [3.05, 3.63) is 56.7 Å². The second kappa shape index (κ2) is 12.9. The third kappa shape index (κ3) is 10.1. The van der Waals surface area contributed by atoms with Crippen LogP contribution < -0.4 is 0 Å². The molecule has 0 saturated carbocycles. The van der Waals surface area contributed by atoms with E-state index in [9.17, 15) is 10.2 Å². The zero-order valence-corrected chi connectivity index (χ0v) is 25.2. The molecule has 0 amide bonds. The first kappa shape index (κ1) is 31.9. The van der Waals surface area contributed by atoms with Gasteiger partial charge in [-0.3, -0.25) is 0 Å². The fourth-order valence-electron chi connectivity index (χ4n) is 3.08. The molecule has 0 aromatic carbocycles. The summed E-state index contributed by atoms with van der Waals surface area (Å²) in [4.78, 5) is 17.3. The van der Waals surface area contributed by atoms with E-state index < -0.39 is 11.2 Å². The van der Waals surface area contributed by atoms with E-state index in [0.717, 1.165) is 27.9 Å². The van der Waals surface area contributed by atoms with Crippen LogP contribution in [0.5, 0.6) is 0 Å². The van der Waals surface area contributed by atoms with Crippen LogP contribution in [-0.2, 0) is 11.2 Å². The van der Waals surface area contributed by atoms with Gasteiger partial charge in [0, 0.05) is 34.5 Å². The van der Waals surface area contributed by atoms with E-state index in [4.69, 9.17) is 4.42 Å². The van der Waals surface area contributed by atoms with Crippen molar-refractivity contribution in [2.24, 2.45) is 0 Å². The predicted molar refractivity (Wildman–Crippen MR) is 148 cm³/mol. The summed E-state index contributed by atoms with van der Waals surface area (Å²) < 4.78 is 5.43. The van der Waals surface area contributed by atoms with Gasteiger partial charge in [-0.1, -0.05) is 41.5 Å². The highest BCUT2D eigenvalue weighted by molar-refractivity contribution is 7.09. The molecule has 3 rings (SSSR count). The standard InChI is InChI=1S/C10H17NO2.C9H14N2.C9H15NOS/c1-6(2)9-11-8(7(3)13-9)10(4,5)12;1-6(2)9-10-7(3)5-8(4)11-9;1-6(2)8-10-7(5-12-8)9(3,4)11/h6,12H,1-5H3;5-6H,1-4H3;5-6,11H,1-4H3. The first-order chi connectivity index (χ1) is 16.3. The van der Waals surface area contributed by atoms with Crippen molar-refractivity contribution in [3.8, 4) is 0 Å². The Balaban J connectivity index is 0.000000271. The molecule has 0 unspecified atom stereocenters. The zero-order valence-electron chi connectivity index (χ0n) is 24.4. The van der Waals surface area contributed by atoms with Crippen molar-refractivity contribution in [3.63, 3.8) is 0 Å². The summed E-state index contributed by atoms with van der Waals surface area (Å²) in [7, 11) is 0. The van der Waals surface area contributed by atoms with Crippen LogP contribution in [0.3, 0.4) is 0 Å². The normalized spacial score (nSPS) is 11.9. The van der Waals surface area contributed by atoms with Crippen LogP contribution in [0.4, 0.5) is 0 Å². The van der Waals surface area contributed by atoms with E-state index in [1.54, 1.807) is 39.0 Å². The molecule has 3 aromatic heterocycles. The lowest BCUT2D eigenvalue weighted by molar-refractivity contribution is 0.0726. The lowest BCUT2D eigenvalue weighted by atomic mass is 10.0. The van der Waals surface area contributed by atoms with Crippen LogP contribution in [0.15, 0.2) is 15.9 Å². The Morgan fingerprint density at radius 3 is 1.56 bits per heavy atom. The first-order valence-electron chi connectivity index (χ1n) is 12.5. The Labute approximate surface area is 221 Å². The molecule has 0 aliphatic heterocycles. The average molecular weight is 519 g/mol. The minimum Gasteiger partial charge on any atom is -0.445 e. The number of thiazole rings is 1. The Morgan fingerprint density at radius 2 is 1.28 bits per heavy atom. The maximum atomic E-state index is 9.74. The van der Waals surface area contributed by atoms with E-state index in [1.165, 1.54) is 0 Å². The van der Waals surface area contributed by atoms with Gasteiger partial charge < -0.3 is 14.6 Å². The van der Waals surface area contributed by atoms with Gasteiger partial charge in [0.05, 0.1) is 10.7 Å². The SMILES string of the molecule is CC(C)c1nc(C(C)(C)O)cs1.Cc1cc(C)nc(C(C)C)n1.Cc1oc(C(C)C)nc1C(C)(C)O. The number of hydrogen-bond donors (Lipinski definition) is 2. The van der Waals surface area contributed by atoms with Gasteiger partial charge in [-0.15, -0.1) is 11.3 Å². The van der Waals surface area contributed by atoms with E-state index >= 15 is 0 Å². The van der Waals surface area contributed by atoms with Crippen molar-refractivity contribution in [2.75, 3.05) is 0 Å². The molecular formula is C28H46N4O3S. The number of rotatable bonds is 5. The molecule has 0 radical (unpaired) electrons. The lowest BCUT2D eigenvalue weighted by Gasteiger charge is -2.13. The lowest BCUT2D eigenvalue weighted by Crippen LogP contribution is -2.17. The van der Waals surface area contributed by atoms with Crippen LogP contribution >= 0.6 is 11.3 Å². The summed E-state index contributed by atoms with van der Waals surface area (Å²) in [6, 6.07) is 1.99. The summed E-state index contributed by atoms with van der Waals surface area (Å²) in [6.07, 6.45) is 0. The fraction of sp³-hybridized carbons (Fsp3) is 0.643. The third-order valence-corrected chi connectivity index (χ3v) is 6.19. The molecule has 2 N–H and O–H groups in total. The molecule has 0 saturated heterocycles. The summed E-state index contributed by atoms with van der Waals surface area (Å²) >= 11 is 1.61. The van der Waals surface area contributed by atoms with Gasteiger partial charge >= 0.3 is 0 Å². The number of hydrogen-bond acceptors (Lipinski definition) is 8. The van der Waals surface area contributed by atoms with Crippen molar-refractivity contribution in [1.82, 2.24) is 19.9 Å². The van der Waals surface area contributed by atoms with Crippen LogP contribution in [0.2, 0.25) is 0 Å². The Kier molecular flexibility index (Phi) is 11.4. The molecule has 36 heavy (non-hydrogen) atoms. The molecule has 3 heterocycles. The van der Waals surface area contributed by atoms with Gasteiger partial charge in [-0.2, -0.15) is 0 Å². The molecule has 0 spiro atoms. The number of aromatic nitrogens is 4. The first-order valence-corrected chi connectivity index (χ1v) is 13.4. The molecular weight excluding hydrogens is 472 g/mol. The molecule has 0 aliphatic carbocycles. The molecule has 0 atom stereocenters. The number of nitrogens with zero attached hydrogens (tertiary/aromatic N) is 4. The molecule has 0 bridgehead atoms. The topological polar surface area (TPSA) is 105 Å². The third-order valence-electron chi connectivity index (χ3n) is 5.05. The fourth-order valence-corrected chi connectivity index (χ4v) is 4.07. The van der Waals surface area contributed by atoms with Gasteiger partial charge in [0.15, 0.2) is 5.89 Å². The Bertz CT molecular complexity index is 1070. The quantitative estimate of drug-likeness (QED) is 0.373. The molecule has 8 heteroatoms. The second-order valence-electron chi connectivity index (χ2n) is 11.1. The van der Waals surface area contributed by atoms with Crippen molar-refractivity contribution in [2.45, 2.75) is 119 Å². The zero-order chi connectivity index (χ0) is 28.0. The number of aryl methyl sites for hydroxylation is 3. The molecule has 0 aliphatic rings. The summed E-state index contributed by atoms with van der Waals surface area (Å²) in [6.45, 7) is 25.2. The molecule has 3 aromatic rings. The van der Waals surface area contributed by atoms with Gasteiger partial charge in [0.25, 0.3) is 0 Å². The van der Waals surface area contributed by atoms with Crippen molar-refractivity contribution in [1.29, 1.82) is 0 Å². The maximum Gasteiger partial charge on any atom is 0.197 e.